The van der Waals surface area contributed by atoms with Crippen LogP contribution in [0.25, 0.3) is 0 Å². The van der Waals surface area contributed by atoms with Crippen molar-refractivity contribution in [1.82, 2.24) is 4.90 Å². The Hall–Kier alpha value is -0.900. The van der Waals surface area contributed by atoms with E-state index < -0.39 is 5.60 Å². The van der Waals surface area contributed by atoms with Crippen molar-refractivity contribution in [2.45, 2.75) is 18.4 Å². The maximum atomic E-state index is 10.6. The van der Waals surface area contributed by atoms with E-state index in [0.29, 0.717) is 6.54 Å². The molecule has 3 nitrogen and oxygen atoms in total. The maximum Gasteiger partial charge on any atom is 0.114 e. The lowest BCUT2D eigenvalue weighted by Gasteiger charge is -2.32. The number of rotatable bonds is 6. The van der Waals surface area contributed by atoms with Crippen LogP contribution in [0.2, 0.25) is 0 Å². The van der Waals surface area contributed by atoms with Crippen molar-refractivity contribution in [3.63, 3.8) is 0 Å². The zero-order valence-corrected chi connectivity index (χ0v) is 10.5. The molecule has 94 valence electrons. The van der Waals surface area contributed by atoms with E-state index in [1.165, 1.54) is 12.8 Å². The zero-order valence-electron chi connectivity index (χ0n) is 10.5. The van der Waals surface area contributed by atoms with E-state index in [1.807, 2.05) is 30.3 Å². The molecule has 1 saturated carbocycles. The topological polar surface area (TPSA) is 49.5 Å². The summed E-state index contributed by atoms with van der Waals surface area (Å²) in [6.07, 6.45) is 2.66. The van der Waals surface area contributed by atoms with Gasteiger partial charge in [-0.3, -0.25) is 0 Å². The summed E-state index contributed by atoms with van der Waals surface area (Å²) in [5.74, 6) is 0.831. The van der Waals surface area contributed by atoms with Crippen LogP contribution in [0.1, 0.15) is 18.4 Å². The van der Waals surface area contributed by atoms with E-state index in [9.17, 15) is 5.11 Å². The fourth-order valence-electron chi connectivity index (χ4n) is 2.27. The molecule has 1 aliphatic carbocycles. The molecule has 1 atom stereocenters. The minimum atomic E-state index is -0.926. The SMILES string of the molecule is CN(CC1CC1)CC(O)(CN)c1ccccc1. The Morgan fingerprint density at radius 1 is 1.35 bits per heavy atom. The van der Waals surface area contributed by atoms with Gasteiger partial charge >= 0.3 is 0 Å². The number of benzene rings is 1. The Kier molecular flexibility index (Phi) is 3.82. The number of aliphatic hydroxyl groups is 1. The van der Waals surface area contributed by atoms with Gasteiger partial charge in [0.1, 0.15) is 5.60 Å². The minimum absolute atomic E-state index is 0.256. The first-order chi connectivity index (χ1) is 8.14. The van der Waals surface area contributed by atoms with Gasteiger partial charge in [0.2, 0.25) is 0 Å². The van der Waals surface area contributed by atoms with Crippen LogP contribution < -0.4 is 5.73 Å². The van der Waals surface area contributed by atoms with Gasteiger partial charge in [-0.25, -0.2) is 0 Å². The fraction of sp³-hybridized carbons (Fsp3) is 0.571. The van der Waals surface area contributed by atoms with E-state index in [2.05, 4.69) is 11.9 Å². The van der Waals surface area contributed by atoms with Crippen LogP contribution in [-0.4, -0.2) is 36.7 Å². The van der Waals surface area contributed by atoms with Gasteiger partial charge in [-0.05, 0) is 31.4 Å². The number of hydrogen-bond acceptors (Lipinski definition) is 3. The third kappa shape index (κ3) is 3.28. The number of hydrogen-bond donors (Lipinski definition) is 2. The first-order valence-electron chi connectivity index (χ1n) is 6.30. The van der Waals surface area contributed by atoms with Crippen LogP contribution in [0.4, 0.5) is 0 Å². The molecule has 0 aliphatic heterocycles. The molecule has 0 spiro atoms. The highest BCUT2D eigenvalue weighted by Gasteiger charge is 2.31. The first-order valence-corrected chi connectivity index (χ1v) is 6.30. The van der Waals surface area contributed by atoms with E-state index in [-0.39, 0.29) is 6.54 Å². The van der Waals surface area contributed by atoms with Crippen LogP contribution in [-0.2, 0) is 5.60 Å². The predicted molar refractivity (Wildman–Crippen MR) is 69.6 cm³/mol. The molecule has 0 aromatic heterocycles. The smallest absolute Gasteiger partial charge is 0.114 e. The first kappa shape index (κ1) is 12.6. The lowest BCUT2D eigenvalue weighted by Crippen LogP contribution is -2.45. The van der Waals surface area contributed by atoms with E-state index >= 15 is 0 Å². The van der Waals surface area contributed by atoms with E-state index in [1.54, 1.807) is 0 Å². The molecule has 0 bridgehead atoms. The summed E-state index contributed by atoms with van der Waals surface area (Å²) < 4.78 is 0. The van der Waals surface area contributed by atoms with Gasteiger partial charge in [0.15, 0.2) is 0 Å². The van der Waals surface area contributed by atoms with Crippen molar-refractivity contribution < 1.29 is 5.11 Å². The highest BCUT2D eigenvalue weighted by molar-refractivity contribution is 5.23. The van der Waals surface area contributed by atoms with Crippen molar-refractivity contribution in [3.05, 3.63) is 35.9 Å². The number of likely N-dealkylation sites (N-methyl/N-ethyl adjacent to an activating group) is 1. The van der Waals surface area contributed by atoms with Crippen molar-refractivity contribution in [3.8, 4) is 0 Å². The molecule has 1 unspecified atom stereocenters. The standard InChI is InChI=1S/C14H22N2O/c1-16(9-12-7-8-12)11-14(17,10-15)13-5-3-2-4-6-13/h2-6,12,17H,7-11,15H2,1H3. The lowest BCUT2D eigenvalue weighted by atomic mass is 9.93. The van der Waals surface area contributed by atoms with Gasteiger partial charge in [0.05, 0.1) is 0 Å². The van der Waals surface area contributed by atoms with Crippen LogP contribution in [0.5, 0.6) is 0 Å². The average molecular weight is 234 g/mol. The molecule has 0 heterocycles. The maximum absolute atomic E-state index is 10.6. The monoisotopic (exact) mass is 234 g/mol. The lowest BCUT2D eigenvalue weighted by molar-refractivity contribution is 0.0129. The highest BCUT2D eigenvalue weighted by Crippen LogP contribution is 2.30. The molecule has 1 aromatic rings. The highest BCUT2D eigenvalue weighted by atomic mass is 16.3. The zero-order chi connectivity index (χ0) is 12.3. The quantitative estimate of drug-likeness (QED) is 0.777. The summed E-state index contributed by atoms with van der Waals surface area (Å²) in [5.41, 5.74) is 5.74. The van der Waals surface area contributed by atoms with Crippen molar-refractivity contribution in [1.29, 1.82) is 0 Å². The van der Waals surface area contributed by atoms with Crippen LogP contribution in [0.15, 0.2) is 30.3 Å². The molecule has 1 fully saturated rings. The Morgan fingerprint density at radius 3 is 2.53 bits per heavy atom. The van der Waals surface area contributed by atoms with Gasteiger partial charge in [-0.2, -0.15) is 0 Å². The average Bonchev–Trinajstić information content (AvgIpc) is 3.13. The largest absolute Gasteiger partial charge is 0.382 e. The molecule has 3 heteroatoms. The van der Waals surface area contributed by atoms with Crippen molar-refractivity contribution >= 4 is 0 Å². The Bertz CT molecular complexity index is 350. The molecule has 1 aliphatic rings. The van der Waals surface area contributed by atoms with Crippen LogP contribution in [0.3, 0.4) is 0 Å². The van der Waals surface area contributed by atoms with Gasteiger partial charge < -0.3 is 15.7 Å². The third-order valence-corrected chi connectivity index (χ3v) is 3.45. The summed E-state index contributed by atoms with van der Waals surface area (Å²) in [6.45, 7) is 1.92. The molecule has 17 heavy (non-hydrogen) atoms. The summed E-state index contributed by atoms with van der Waals surface area (Å²) in [7, 11) is 2.06. The number of nitrogens with two attached hydrogens (primary N) is 1. The summed E-state index contributed by atoms with van der Waals surface area (Å²) in [5, 5.41) is 10.6. The molecule has 1 aromatic carbocycles. The Balaban J connectivity index is 2.02. The second-order valence-electron chi connectivity index (χ2n) is 5.24. The predicted octanol–water partition coefficient (Wildman–Crippen LogP) is 1.17. The van der Waals surface area contributed by atoms with Gasteiger partial charge in [-0.1, -0.05) is 30.3 Å². The summed E-state index contributed by atoms with van der Waals surface area (Å²) >= 11 is 0. The van der Waals surface area contributed by atoms with E-state index in [0.717, 1.165) is 18.0 Å². The fourth-order valence-corrected chi connectivity index (χ4v) is 2.27. The van der Waals surface area contributed by atoms with Crippen LogP contribution >= 0.6 is 0 Å². The molecule has 0 radical (unpaired) electrons. The molecular formula is C14H22N2O. The Labute approximate surface area is 103 Å². The normalized spacial score (nSPS) is 19.3. The third-order valence-electron chi connectivity index (χ3n) is 3.45. The molecule has 0 saturated heterocycles. The Morgan fingerprint density at radius 2 is 2.00 bits per heavy atom. The van der Waals surface area contributed by atoms with Crippen molar-refractivity contribution in [2.24, 2.45) is 11.7 Å². The molecule has 0 amide bonds. The van der Waals surface area contributed by atoms with E-state index in [4.69, 9.17) is 5.73 Å². The van der Waals surface area contributed by atoms with Crippen LogP contribution in [0, 0.1) is 5.92 Å². The van der Waals surface area contributed by atoms with Gasteiger partial charge in [0, 0.05) is 19.6 Å². The number of nitrogens with zero attached hydrogens (tertiary/aromatic N) is 1. The molecule has 2 rings (SSSR count). The second-order valence-corrected chi connectivity index (χ2v) is 5.24. The van der Waals surface area contributed by atoms with Crippen molar-refractivity contribution in [2.75, 3.05) is 26.7 Å². The second kappa shape index (κ2) is 5.17. The molecule has 3 N–H and O–H groups in total. The van der Waals surface area contributed by atoms with Gasteiger partial charge in [0.25, 0.3) is 0 Å². The summed E-state index contributed by atoms with van der Waals surface area (Å²) in [6, 6.07) is 9.72. The minimum Gasteiger partial charge on any atom is -0.382 e. The van der Waals surface area contributed by atoms with Gasteiger partial charge in [-0.15, -0.1) is 0 Å². The summed E-state index contributed by atoms with van der Waals surface area (Å²) in [4.78, 5) is 2.19. The molecular weight excluding hydrogens is 212 g/mol.